The Hall–Kier alpha value is -2.12. The van der Waals surface area contributed by atoms with Crippen LogP contribution in [-0.4, -0.2) is 35.5 Å². The first kappa shape index (κ1) is 17.2. The van der Waals surface area contributed by atoms with Crippen LogP contribution in [0.1, 0.15) is 24.8 Å². The van der Waals surface area contributed by atoms with Gasteiger partial charge in [0.15, 0.2) is 0 Å². The summed E-state index contributed by atoms with van der Waals surface area (Å²) in [6, 6.07) is 5.28. The van der Waals surface area contributed by atoms with E-state index in [-0.39, 0.29) is 25.4 Å². The molecule has 1 atom stereocenters. The molecule has 1 aliphatic heterocycles. The highest BCUT2D eigenvalue weighted by atomic mass is 19.4. The third kappa shape index (κ3) is 5.54. The van der Waals surface area contributed by atoms with Crippen molar-refractivity contribution in [2.75, 3.05) is 6.54 Å². The molecule has 2 amide bonds. The Balaban J connectivity index is 1.84. The fraction of sp³-hybridized carbons (Fsp3) is 0.467. The molecule has 1 N–H and O–H groups in total. The van der Waals surface area contributed by atoms with Gasteiger partial charge in [-0.15, -0.1) is 0 Å². The van der Waals surface area contributed by atoms with Crippen molar-refractivity contribution in [3.05, 3.63) is 35.6 Å². The van der Waals surface area contributed by atoms with Gasteiger partial charge in [0.2, 0.25) is 11.8 Å². The largest absolute Gasteiger partial charge is 0.389 e. The van der Waals surface area contributed by atoms with Gasteiger partial charge in [0.25, 0.3) is 0 Å². The maximum absolute atomic E-state index is 13.1. The Morgan fingerprint density at radius 1 is 1.35 bits per heavy atom. The van der Waals surface area contributed by atoms with Crippen LogP contribution in [0.4, 0.5) is 17.6 Å². The standard InChI is InChI=1S/C15H16F4N2O2/c16-11-3-1-2-10(6-11)8-21-9-12(7-14(21)23)20-13(22)4-5-15(17,18)19/h1-3,6,12H,4-5,7-9H2,(H,20,22). The minimum Gasteiger partial charge on any atom is -0.351 e. The summed E-state index contributed by atoms with van der Waals surface area (Å²) >= 11 is 0. The maximum Gasteiger partial charge on any atom is 0.389 e. The summed E-state index contributed by atoms with van der Waals surface area (Å²) in [5.74, 6) is -1.37. The van der Waals surface area contributed by atoms with Gasteiger partial charge in [0.1, 0.15) is 5.82 Å². The molecule has 23 heavy (non-hydrogen) atoms. The van der Waals surface area contributed by atoms with E-state index >= 15 is 0 Å². The number of carbonyl (C=O) groups is 2. The lowest BCUT2D eigenvalue weighted by molar-refractivity contribution is -0.144. The second-order valence-electron chi connectivity index (χ2n) is 5.49. The molecular formula is C15H16F4N2O2. The van der Waals surface area contributed by atoms with Crippen molar-refractivity contribution in [3.63, 3.8) is 0 Å². The van der Waals surface area contributed by atoms with Gasteiger partial charge >= 0.3 is 6.18 Å². The number of nitrogens with zero attached hydrogens (tertiary/aromatic N) is 1. The lowest BCUT2D eigenvalue weighted by Crippen LogP contribution is -2.37. The van der Waals surface area contributed by atoms with Crippen LogP contribution in [0.3, 0.4) is 0 Å². The molecule has 1 aromatic carbocycles. The molecule has 2 rings (SSSR count). The smallest absolute Gasteiger partial charge is 0.351 e. The monoisotopic (exact) mass is 332 g/mol. The van der Waals surface area contributed by atoms with Crippen molar-refractivity contribution in [1.29, 1.82) is 0 Å². The van der Waals surface area contributed by atoms with Crippen LogP contribution < -0.4 is 5.32 Å². The molecule has 0 spiro atoms. The molecule has 4 nitrogen and oxygen atoms in total. The van der Waals surface area contributed by atoms with E-state index in [0.29, 0.717) is 5.56 Å². The van der Waals surface area contributed by atoms with Crippen LogP contribution in [0.15, 0.2) is 24.3 Å². The highest BCUT2D eigenvalue weighted by Gasteiger charge is 2.32. The molecule has 0 aromatic heterocycles. The van der Waals surface area contributed by atoms with E-state index in [1.165, 1.54) is 23.1 Å². The van der Waals surface area contributed by atoms with Gasteiger partial charge in [-0.3, -0.25) is 9.59 Å². The minimum atomic E-state index is -4.38. The van der Waals surface area contributed by atoms with Crippen molar-refractivity contribution < 1.29 is 27.2 Å². The van der Waals surface area contributed by atoms with E-state index in [1.54, 1.807) is 6.07 Å². The van der Waals surface area contributed by atoms with Crippen LogP contribution >= 0.6 is 0 Å². The highest BCUT2D eigenvalue weighted by molar-refractivity contribution is 5.82. The van der Waals surface area contributed by atoms with Crippen molar-refractivity contribution in [2.45, 2.75) is 38.0 Å². The Labute approximate surface area is 130 Å². The minimum absolute atomic E-state index is 0.0348. The van der Waals surface area contributed by atoms with Crippen LogP contribution in [0, 0.1) is 5.82 Å². The van der Waals surface area contributed by atoms with Gasteiger partial charge in [-0.1, -0.05) is 12.1 Å². The lowest BCUT2D eigenvalue weighted by Gasteiger charge is -2.17. The van der Waals surface area contributed by atoms with Gasteiger partial charge in [-0.25, -0.2) is 4.39 Å². The summed E-state index contributed by atoms with van der Waals surface area (Å²) < 4.78 is 49.3. The zero-order valence-corrected chi connectivity index (χ0v) is 12.2. The number of nitrogens with one attached hydrogen (secondary N) is 1. The highest BCUT2D eigenvalue weighted by Crippen LogP contribution is 2.21. The number of carbonyl (C=O) groups excluding carboxylic acids is 2. The Kier molecular flexibility index (Phi) is 5.23. The van der Waals surface area contributed by atoms with Crippen LogP contribution in [0.25, 0.3) is 0 Å². The molecule has 126 valence electrons. The van der Waals surface area contributed by atoms with Crippen molar-refractivity contribution in [1.82, 2.24) is 10.2 Å². The fourth-order valence-electron chi connectivity index (χ4n) is 2.43. The SMILES string of the molecule is O=C(CCC(F)(F)F)NC1CC(=O)N(Cc2cccc(F)c2)C1. The molecule has 0 saturated carbocycles. The predicted molar refractivity (Wildman–Crippen MR) is 73.7 cm³/mol. The second kappa shape index (κ2) is 6.97. The topological polar surface area (TPSA) is 49.4 Å². The van der Waals surface area contributed by atoms with E-state index in [9.17, 15) is 27.2 Å². The number of likely N-dealkylation sites (tertiary alicyclic amines) is 1. The number of alkyl halides is 3. The first-order valence-electron chi connectivity index (χ1n) is 7.11. The van der Waals surface area contributed by atoms with Crippen molar-refractivity contribution in [2.24, 2.45) is 0 Å². The molecule has 1 aromatic rings. The number of amides is 2. The van der Waals surface area contributed by atoms with E-state index < -0.39 is 36.8 Å². The van der Waals surface area contributed by atoms with Crippen LogP contribution in [0.5, 0.6) is 0 Å². The summed E-state index contributed by atoms with van der Waals surface area (Å²) in [7, 11) is 0. The number of hydrogen-bond donors (Lipinski definition) is 1. The molecule has 8 heteroatoms. The average Bonchev–Trinajstić information content (AvgIpc) is 2.76. The first-order chi connectivity index (χ1) is 10.7. The van der Waals surface area contributed by atoms with Crippen LogP contribution in [0.2, 0.25) is 0 Å². The molecule has 1 aliphatic rings. The first-order valence-corrected chi connectivity index (χ1v) is 7.11. The molecule has 0 aliphatic carbocycles. The third-order valence-corrected chi connectivity index (χ3v) is 3.48. The predicted octanol–water partition coefficient (Wildman–Crippen LogP) is 2.39. The van der Waals surface area contributed by atoms with E-state index in [1.807, 2.05) is 0 Å². The summed E-state index contributed by atoms with van der Waals surface area (Å²) in [6.07, 6.45) is -6.19. The molecule has 0 bridgehead atoms. The number of benzene rings is 1. The van der Waals surface area contributed by atoms with Crippen molar-refractivity contribution >= 4 is 11.8 Å². The maximum atomic E-state index is 13.1. The third-order valence-electron chi connectivity index (χ3n) is 3.48. The Morgan fingerprint density at radius 3 is 2.74 bits per heavy atom. The molecule has 0 radical (unpaired) electrons. The van der Waals surface area contributed by atoms with Gasteiger partial charge in [-0.05, 0) is 17.7 Å². The summed E-state index contributed by atoms with van der Waals surface area (Å²) in [5, 5.41) is 2.43. The lowest BCUT2D eigenvalue weighted by atomic mass is 10.2. The second-order valence-corrected chi connectivity index (χ2v) is 5.49. The molecule has 1 saturated heterocycles. The zero-order valence-electron chi connectivity index (χ0n) is 12.2. The molecule has 1 fully saturated rings. The van der Waals surface area contributed by atoms with Gasteiger partial charge < -0.3 is 10.2 Å². The van der Waals surface area contributed by atoms with Crippen LogP contribution in [-0.2, 0) is 16.1 Å². The average molecular weight is 332 g/mol. The normalized spacial score (nSPS) is 18.3. The van der Waals surface area contributed by atoms with Gasteiger partial charge in [0, 0.05) is 25.9 Å². The fourth-order valence-corrected chi connectivity index (χ4v) is 2.43. The number of hydrogen-bond acceptors (Lipinski definition) is 2. The summed E-state index contributed by atoms with van der Waals surface area (Å²) in [4.78, 5) is 24.8. The van der Waals surface area contributed by atoms with Crippen molar-refractivity contribution in [3.8, 4) is 0 Å². The number of rotatable bonds is 5. The Bertz CT molecular complexity index is 589. The van der Waals surface area contributed by atoms with E-state index in [4.69, 9.17) is 0 Å². The van der Waals surface area contributed by atoms with Gasteiger partial charge in [0.05, 0.1) is 12.5 Å². The van der Waals surface area contributed by atoms with E-state index in [2.05, 4.69) is 5.32 Å². The molecule has 1 heterocycles. The van der Waals surface area contributed by atoms with E-state index in [0.717, 1.165) is 0 Å². The summed E-state index contributed by atoms with van der Waals surface area (Å²) in [5.41, 5.74) is 0.613. The molecular weight excluding hydrogens is 316 g/mol. The number of halogens is 4. The van der Waals surface area contributed by atoms with Gasteiger partial charge in [-0.2, -0.15) is 13.2 Å². The molecule has 1 unspecified atom stereocenters. The quantitative estimate of drug-likeness (QED) is 0.842. The zero-order chi connectivity index (χ0) is 17.0. The Morgan fingerprint density at radius 2 is 2.09 bits per heavy atom. The summed E-state index contributed by atoms with van der Waals surface area (Å²) in [6.45, 7) is 0.401.